The quantitative estimate of drug-likeness (QED) is 0.874. The van der Waals surface area contributed by atoms with E-state index in [0.717, 1.165) is 19.4 Å². The largest absolute Gasteiger partial charge is 0.314 e. The van der Waals surface area contributed by atoms with Crippen LogP contribution in [0.2, 0.25) is 5.02 Å². The molecule has 8 heteroatoms. The van der Waals surface area contributed by atoms with Gasteiger partial charge in [0.1, 0.15) is 4.90 Å². The highest BCUT2D eigenvalue weighted by Crippen LogP contribution is 2.23. The molecule has 1 aromatic carbocycles. The number of halogens is 2. The van der Waals surface area contributed by atoms with E-state index >= 15 is 0 Å². The molecule has 1 aliphatic heterocycles. The molecule has 2 N–H and O–H groups in total. The van der Waals surface area contributed by atoms with Crippen molar-refractivity contribution in [2.24, 2.45) is 0 Å². The first kappa shape index (κ1) is 18.2. The minimum Gasteiger partial charge on any atom is -0.314 e. The standard InChI is InChI=1S/C13H16ClN3O2S.ClH/c1-9-6-11(4-5-16-9)17-20(18,19)13-3-2-10(8-15)7-12(13)14;/h2-3,7,9,11,16-17H,4-6H2,1H3;1H. The number of rotatable bonds is 3. The fourth-order valence-electron chi connectivity index (χ4n) is 2.31. The van der Waals surface area contributed by atoms with Crippen molar-refractivity contribution < 1.29 is 8.42 Å². The van der Waals surface area contributed by atoms with Gasteiger partial charge in [0, 0.05) is 12.1 Å². The third-order valence-corrected chi connectivity index (χ3v) is 5.30. The van der Waals surface area contributed by atoms with Crippen LogP contribution in [-0.4, -0.2) is 27.0 Å². The topological polar surface area (TPSA) is 82.0 Å². The number of benzene rings is 1. The molecule has 0 bridgehead atoms. The molecule has 0 radical (unpaired) electrons. The van der Waals surface area contributed by atoms with E-state index < -0.39 is 10.0 Å². The summed E-state index contributed by atoms with van der Waals surface area (Å²) >= 11 is 5.96. The normalized spacial score (nSPS) is 22.1. The van der Waals surface area contributed by atoms with Crippen molar-refractivity contribution in [2.45, 2.75) is 36.7 Å². The monoisotopic (exact) mass is 349 g/mol. The molecule has 1 fully saturated rings. The highest BCUT2D eigenvalue weighted by molar-refractivity contribution is 7.89. The van der Waals surface area contributed by atoms with Gasteiger partial charge in [0.15, 0.2) is 0 Å². The summed E-state index contributed by atoms with van der Waals surface area (Å²) in [7, 11) is -3.66. The van der Waals surface area contributed by atoms with Gasteiger partial charge >= 0.3 is 0 Å². The predicted octanol–water partition coefficient (Wildman–Crippen LogP) is 2.05. The first-order chi connectivity index (χ1) is 9.42. The van der Waals surface area contributed by atoms with Gasteiger partial charge in [-0.05, 0) is 44.5 Å². The summed E-state index contributed by atoms with van der Waals surface area (Å²) in [5.74, 6) is 0. The number of nitriles is 1. The highest BCUT2D eigenvalue weighted by atomic mass is 35.5. The number of nitrogens with zero attached hydrogens (tertiary/aromatic N) is 1. The van der Waals surface area contributed by atoms with Crippen LogP contribution in [0.25, 0.3) is 0 Å². The lowest BCUT2D eigenvalue weighted by molar-refractivity contribution is 0.361. The van der Waals surface area contributed by atoms with Crippen molar-refractivity contribution in [3.8, 4) is 6.07 Å². The molecule has 1 aromatic rings. The second kappa shape index (κ2) is 7.43. The fourth-order valence-corrected chi connectivity index (χ4v) is 4.14. The Hall–Kier alpha value is -0.840. The second-order valence-corrected chi connectivity index (χ2v) is 7.04. The van der Waals surface area contributed by atoms with Crippen molar-refractivity contribution in [3.63, 3.8) is 0 Å². The number of sulfonamides is 1. The van der Waals surface area contributed by atoms with Gasteiger partial charge in [-0.2, -0.15) is 5.26 Å². The van der Waals surface area contributed by atoms with E-state index in [-0.39, 0.29) is 34.4 Å². The number of hydrogen-bond acceptors (Lipinski definition) is 4. The van der Waals surface area contributed by atoms with Gasteiger partial charge in [-0.25, -0.2) is 13.1 Å². The molecule has 0 aromatic heterocycles. The van der Waals surface area contributed by atoms with Crippen LogP contribution in [0, 0.1) is 11.3 Å². The first-order valence-electron chi connectivity index (χ1n) is 6.38. The Labute approximate surface area is 136 Å². The molecule has 2 atom stereocenters. The third-order valence-electron chi connectivity index (χ3n) is 3.30. The van der Waals surface area contributed by atoms with Gasteiger partial charge in [-0.15, -0.1) is 12.4 Å². The van der Waals surface area contributed by atoms with E-state index in [1.165, 1.54) is 18.2 Å². The zero-order chi connectivity index (χ0) is 14.8. The van der Waals surface area contributed by atoms with E-state index in [2.05, 4.69) is 10.0 Å². The summed E-state index contributed by atoms with van der Waals surface area (Å²) in [5.41, 5.74) is 0.337. The highest BCUT2D eigenvalue weighted by Gasteiger charge is 2.25. The lowest BCUT2D eigenvalue weighted by Gasteiger charge is -2.28. The minimum absolute atomic E-state index is 0. The minimum atomic E-state index is -3.66. The van der Waals surface area contributed by atoms with Gasteiger partial charge in [0.2, 0.25) is 10.0 Å². The SMILES string of the molecule is CC1CC(NS(=O)(=O)c2ccc(C#N)cc2Cl)CCN1.Cl. The average Bonchev–Trinajstić information content (AvgIpc) is 2.37. The summed E-state index contributed by atoms with van der Waals surface area (Å²) < 4.78 is 27.3. The van der Waals surface area contributed by atoms with Crippen molar-refractivity contribution in [3.05, 3.63) is 28.8 Å². The Morgan fingerprint density at radius 3 is 2.76 bits per heavy atom. The van der Waals surface area contributed by atoms with Gasteiger partial charge in [-0.1, -0.05) is 11.6 Å². The molecule has 21 heavy (non-hydrogen) atoms. The van der Waals surface area contributed by atoms with Crippen molar-refractivity contribution in [1.82, 2.24) is 10.0 Å². The summed E-state index contributed by atoms with van der Waals surface area (Å²) in [6.07, 6.45) is 1.49. The van der Waals surface area contributed by atoms with Gasteiger partial charge in [0.05, 0.1) is 16.7 Å². The van der Waals surface area contributed by atoms with E-state index in [1.807, 2.05) is 13.0 Å². The van der Waals surface area contributed by atoms with Crippen LogP contribution in [-0.2, 0) is 10.0 Å². The van der Waals surface area contributed by atoms with E-state index in [4.69, 9.17) is 16.9 Å². The fraction of sp³-hybridized carbons (Fsp3) is 0.462. The molecular weight excluding hydrogens is 333 g/mol. The smallest absolute Gasteiger partial charge is 0.242 e. The number of nitrogens with one attached hydrogen (secondary N) is 2. The summed E-state index contributed by atoms with van der Waals surface area (Å²) in [6.45, 7) is 2.81. The summed E-state index contributed by atoms with van der Waals surface area (Å²) in [5, 5.41) is 12.1. The van der Waals surface area contributed by atoms with Crippen molar-refractivity contribution in [1.29, 1.82) is 5.26 Å². The van der Waals surface area contributed by atoms with Gasteiger partial charge < -0.3 is 5.32 Å². The molecule has 0 spiro atoms. The van der Waals surface area contributed by atoms with E-state index in [1.54, 1.807) is 0 Å². The number of piperidine rings is 1. The Bertz CT molecular complexity index is 643. The van der Waals surface area contributed by atoms with Gasteiger partial charge in [0.25, 0.3) is 0 Å². The molecule has 0 aliphatic carbocycles. The Morgan fingerprint density at radius 1 is 1.48 bits per heavy atom. The maximum Gasteiger partial charge on any atom is 0.242 e. The second-order valence-electron chi connectivity index (χ2n) is 4.95. The molecule has 116 valence electrons. The third kappa shape index (κ3) is 4.56. The molecule has 1 heterocycles. The van der Waals surface area contributed by atoms with Crippen LogP contribution in [0.4, 0.5) is 0 Å². The van der Waals surface area contributed by atoms with Crippen LogP contribution >= 0.6 is 24.0 Å². The summed E-state index contributed by atoms with van der Waals surface area (Å²) in [6, 6.07) is 6.30. The Balaban J connectivity index is 0.00000220. The molecule has 2 rings (SSSR count). The molecule has 1 saturated heterocycles. The molecule has 0 saturated carbocycles. The zero-order valence-corrected chi connectivity index (χ0v) is 13.9. The zero-order valence-electron chi connectivity index (χ0n) is 11.5. The Morgan fingerprint density at radius 2 is 2.19 bits per heavy atom. The first-order valence-corrected chi connectivity index (χ1v) is 8.24. The maximum absolute atomic E-state index is 12.3. The van der Waals surface area contributed by atoms with Crippen LogP contribution in [0.1, 0.15) is 25.3 Å². The molecule has 2 unspecified atom stereocenters. The summed E-state index contributed by atoms with van der Waals surface area (Å²) in [4.78, 5) is 0.0179. The van der Waals surface area contributed by atoms with Crippen molar-refractivity contribution in [2.75, 3.05) is 6.54 Å². The molecular formula is C13H17Cl2N3O2S. The predicted molar refractivity (Wildman–Crippen MR) is 84.2 cm³/mol. The number of hydrogen-bond donors (Lipinski definition) is 2. The van der Waals surface area contributed by atoms with Crippen LogP contribution in [0.5, 0.6) is 0 Å². The average molecular weight is 350 g/mol. The van der Waals surface area contributed by atoms with E-state index in [0.29, 0.717) is 5.56 Å². The Kier molecular flexibility index (Phi) is 6.44. The van der Waals surface area contributed by atoms with Crippen molar-refractivity contribution >= 4 is 34.0 Å². The van der Waals surface area contributed by atoms with E-state index in [9.17, 15) is 8.42 Å². The molecule has 5 nitrogen and oxygen atoms in total. The lowest BCUT2D eigenvalue weighted by Crippen LogP contribution is -2.46. The van der Waals surface area contributed by atoms with Crippen LogP contribution in [0.15, 0.2) is 23.1 Å². The van der Waals surface area contributed by atoms with Gasteiger partial charge in [-0.3, -0.25) is 0 Å². The van der Waals surface area contributed by atoms with Crippen LogP contribution < -0.4 is 10.0 Å². The van der Waals surface area contributed by atoms with Crippen LogP contribution in [0.3, 0.4) is 0 Å². The molecule has 0 amide bonds. The maximum atomic E-state index is 12.3. The molecule has 1 aliphatic rings. The lowest BCUT2D eigenvalue weighted by atomic mass is 10.0.